The average Bonchev–Trinajstić information content (AvgIpc) is 3.99. The zero-order valence-electron chi connectivity index (χ0n) is 41.1. The van der Waals surface area contributed by atoms with Crippen molar-refractivity contribution < 1.29 is 71.0 Å². The number of hydrogen-bond acceptors (Lipinski definition) is 16. The van der Waals surface area contributed by atoms with E-state index in [2.05, 4.69) is 47.4 Å². The first kappa shape index (κ1) is 60.5. The van der Waals surface area contributed by atoms with E-state index in [1.54, 1.807) is 0 Å². The molecule has 3 heterocycles. The van der Waals surface area contributed by atoms with Crippen molar-refractivity contribution in [2.24, 2.45) is 0 Å². The predicted octanol–water partition coefficient (Wildman–Crippen LogP) is 9.21. The van der Waals surface area contributed by atoms with E-state index < -0.39 is 83.7 Å². The molecule has 396 valence electrons. The van der Waals surface area contributed by atoms with Gasteiger partial charge in [-0.05, 0) is 70.3 Å². The number of nitrogens with zero attached hydrogens (tertiary/aromatic N) is 2. The predicted molar refractivity (Wildman–Crippen MR) is 261 cm³/mol. The van der Waals surface area contributed by atoms with Crippen molar-refractivity contribution in [2.45, 2.75) is 224 Å². The van der Waals surface area contributed by atoms with Crippen molar-refractivity contribution in [1.29, 1.82) is 0 Å². The summed E-state index contributed by atoms with van der Waals surface area (Å²) in [5.41, 5.74) is 4.59. The summed E-state index contributed by atoms with van der Waals surface area (Å²) in [5.74, 6) is -1.32. The number of aliphatic hydroxyl groups excluding tert-OH is 2. The van der Waals surface area contributed by atoms with Crippen LogP contribution in [0, 0.1) is 0 Å². The molecule has 6 N–H and O–H groups in total. The number of nitrogen functional groups attached to an aromatic ring is 1. The molecule has 0 saturated carbocycles. The molecule has 4 unspecified atom stereocenters. The number of nitrogens with two attached hydrogens (primary N) is 1. The number of unbranched alkanes of at least 4 members (excludes halogenated alkanes) is 18. The van der Waals surface area contributed by atoms with Gasteiger partial charge in [0.2, 0.25) is 0 Å². The molecule has 1 aromatic heterocycles. The molecule has 0 bridgehead atoms. The highest BCUT2D eigenvalue weighted by atomic mass is 31.3. The molecular formula is C48H83N3O16P2. The molecule has 19 nitrogen and oxygen atoms in total. The average molecular weight is 1020 g/mol. The van der Waals surface area contributed by atoms with E-state index in [1.165, 1.54) is 51.0 Å². The fourth-order valence-electron chi connectivity index (χ4n) is 7.84. The number of anilines is 1. The molecule has 1 aromatic rings. The Bertz CT molecular complexity index is 1820. The number of allylic oxidation sites excluding steroid dienone is 3. The summed E-state index contributed by atoms with van der Waals surface area (Å²) in [4.78, 5) is 61.9. The molecule has 2 saturated heterocycles. The van der Waals surface area contributed by atoms with E-state index in [0.717, 1.165) is 107 Å². The van der Waals surface area contributed by atoms with E-state index in [0.29, 0.717) is 25.0 Å². The van der Waals surface area contributed by atoms with Crippen LogP contribution in [0.1, 0.15) is 187 Å². The van der Waals surface area contributed by atoms with Crippen LogP contribution in [-0.4, -0.2) is 97.9 Å². The van der Waals surface area contributed by atoms with Gasteiger partial charge in [-0.15, -0.1) is 0 Å². The number of rotatable bonds is 41. The van der Waals surface area contributed by atoms with Gasteiger partial charge in [0.05, 0.1) is 25.4 Å². The maximum absolute atomic E-state index is 12.9. The van der Waals surface area contributed by atoms with Crippen molar-refractivity contribution >= 4 is 33.4 Å². The highest BCUT2D eigenvalue weighted by Gasteiger charge is 2.46. The molecule has 0 aliphatic carbocycles. The van der Waals surface area contributed by atoms with Gasteiger partial charge in [0.25, 0.3) is 0 Å². The van der Waals surface area contributed by atoms with Gasteiger partial charge >= 0.3 is 33.3 Å². The first-order valence-electron chi connectivity index (χ1n) is 25.5. The molecule has 3 rings (SSSR count). The molecule has 0 radical (unpaired) electrons. The number of hydrogen-bond donors (Lipinski definition) is 5. The molecule has 2 aliphatic heterocycles. The van der Waals surface area contributed by atoms with E-state index in [9.17, 15) is 43.5 Å². The number of epoxide rings is 1. The van der Waals surface area contributed by atoms with Crippen LogP contribution in [-0.2, 0) is 51.0 Å². The molecule has 69 heavy (non-hydrogen) atoms. The zero-order valence-corrected chi connectivity index (χ0v) is 42.9. The normalized spacial score (nSPS) is 22.5. The van der Waals surface area contributed by atoms with Crippen molar-refractivity contribution in [1.82, 2.24) is 9.55 Å². The van der Waals surface area contributed by atoms with Crippen LogP contribution in [0.15, 0.2) is 41.4 Å². The Balaban J connectivity index is 1.40. The minimum Gasteiger partial charge on any atom is -0.462 e. The second-order valence-corrected chi connectivity index (χ2v) is 21.1. The van der Waals surface area contributed by atoms with Crippen LogP contribution in [0.25, 0.3) is 0 Å². The Morgan fingerprint density at radius 1 is 0.710 bits per heavy atom. The summed E-state index contributed by atoms with van der Waals surface area (Å²) in [5, 5.41) is 20.9. The standard InChI is InChI=1S/C48H83N3O16P2/c1-3-5-7-9-11-12-13-14-15-16-17-18-19-23-28-32-44(53)64-38(35-61-43(52)31-27-24-20-22-26-30-40-39(65-40)29-25-21-10-8-6-4-2)36-62-68(57,58)67-69(59,60)63-37-41-45(54)46(55)47(66-41)51-34-33-42(49)50-48(51)56/h12-13,21,25,33-34,38-41,45-47,54-55H,3-11,14-20,22-24,26-32,35-37H2,1-2H3,(H,57,58)(H,59,60)(H2,49,50,56)/b13-12-,25-21-/t38-,39?,40?,41-,45-,46-,47-/m1/s1. The zero-order chi connectivity index (χ0) is 50.3. The number of aromatic nitrogens is 2. The second-order valence-electron chi connectivity index (χ2n) is 18.1. The fourth-order valence-corrected chi connectivity index (χ4v) is 9.95. The summed E-state index contributed by atoms with van der Waals surface area (Å²) >= 11 is 0. The van der Waals surface area contributed by atoms with Gasteiger partial charge in [-0.2, -0.15) is 9.29 Å². The van der Waals surface area contributed by atoms with Gasteiger partial charge in [0.1, 0.15) is 30.7 Å². The quantitative estimate of drug-likeness (QED) is 0.0134. The summed E-state index contributed by atoms with van der Waals surface area (Å²) < 4.78 is 62.6. The molecule has 0 aromatic carbocycles. The van der Waals surface area contributed by atoms with Crippen LogP contribution < -0.4 is 11.4 Å². The smallest absolute Gasteiger partial charge is 0.462 e. The Kier molecular flexibility index (Phi) is 30.3. The molecule has 21 heteroatoms. The summed E-state index contributed by atoms with van der Waals surface area (Å²) in [6.07, 6.45) is 28.4. The lowest BCUT2D eigenvalue weighted by Crippen LogP contribution is -2.36. The number of phosphoric acid groups is 2. The maximum atomic E-state index is 12.9. The van der Waals surface area contributed by atoms with Crippen molar-refractivity contribution in [3.05, 3.63) is 47.1 Å². The minimum absolute atomic E-state index is 0.0400. The fraction of sp³-hybridized carbons (Fsp3) is 0.792. The van der Waals surface area contributed by atoms with Gasteiger partial charge in [-0.1, -0.05) is 128 Å². The monoisotopic (exact) mass is 1020 g/mol. The van der Waals surface area contributed by atoms with Crippen molar-refractivity contribution in [3.63, 3.8) is 0 Å². The number of esters is 2. The third-order valence-corrected chi connectivity index (χ3v) is 14.5. The molecule has 0 amide bonds. The van der Waals surface area contributed by atoms with Gasteiger partial charge in [-0.25, -0.2) is 13.9 Å². The molecule has 2 aliphatic rings. The van der Waals surface area contributed by atoms with E-state index >= 15 is 0 Å². The molecular weight excluding hydrogens is 936 g/mol. The lowest BCUT2D eigenvalue weighted by molar-refractivity contribution is -0.161. The number of aliphatic hydroxyl groups is 2. The van der Waals surface area contributed by atoms with Crippen LogP contribution in [0.5, 0.6) is 0 Å². The second kappa shape index (κ2) is 34.5. The third-order valence-electron chi connectivity index (χ3n) is 11.9. The molecule has 2 fully saturated rings. The van der Waals surface area contributed by atoms with Crippen LogP contribution in [0.2, 0.25) is 0 Å². The third kappa shape index (κ3) is 27.0. The Hall–Kier alpha value is -2.80. The van der Waals surface area contributed by atoms with Crippen molar-refractivity contribution in [2.75, 3.05) is 25.6 Å². The maximum Gasteiger partial charge on any atom is 0.481 e. The van der Waals surface area contributed by atoms with E-state index in [-0.39, 0.29) is 18.7 Å². The number of ether oxygens (including phenoxy) is 4. The Morgan fingerprint density at radius 2 is 1.26 bits per heavy atom. The Morgan fingerprint density at radius 3 is 1.91 bits per heavy atom. The number of carbonyl (C=O) groups is 2. The number of carbonyl (C=O) groups excluding carboxylic acids is 2. The largest absolute Gasteiger partial charge is 0.481 e. The van der Waals surface area contributed by atoms with Crippen LogP contribution in [0.4, 0.5) is 5.82 Å². The highest BCUT2D eigenvalue weighted by molar-refractivity contribution is 7.61. The SMILES string of the molecule is CCCCC/C=C\CC1OC1CCCCCCCC(=O)OC[C@H](COP(=O)(O)OP(=O)(O)OC[C@H]1O[C@@H](n2ccc(N)nc2=O)[C@H](O)[C@@H]1O)OC(=O)CCCCCCCCC/C=C\CCCCCC. The van der Waals surface area contributed by atoms with Gasteiger partial charge < -0.3 is 44.7 Å². The van der Waals surface area contributed by atoms with E-state index in [1.807, 2.05) is 0 Å². The summed E-state index contributed by atoms with van der Waals surface area (Å²) in [7, 11) is -10.9. The highest BCUT2D eigenvalue weighted by Crippen LogP contribution is 2.60. The lowest BCUT2D eigenvalue weighted by Gasteiger charge is -2.21. The molecule has 9 atom stereocenters. The number of phosphoric ester groups is 2. The first-order chi connectivity index (χ1) is 33.1. The van der Waals surface area contributed by atoms with Crippen molar-refractivity contribution in [3.8, 4) is 0 Å². The summed E-state index contributed by atoms with van der Waals surface area (Å²) in [6.45, 7) is 2.09. The first-order valence-corrected chi connectivity index (χ1v) is 28.5. The van der Waals surface area contributed by atoms with E-state index in [4.69, 9.17) is 33.7 Å². The van der Waals surface area contributed by atoms with Crippen LogP contribution in [0.3, 0.4) is 0 Å². The lowest BCUT2D eigenvalue weighted by atomic mass is 10.1. The molecule has 0 spiro atoms. The van der Waals surface area contributed by atoms with Crippen LogP contribution >= 0.6 is 15.6 Å². The topological polar surface area (TPSA) is 278 Å². The Labute approximate surface area is 409 Å². The summed E-state index contributed by atoms with van der Waals surface area (Å²) in [6, 6.07) is 1.25. The minimum atomic E-state index is -5.43. The van der Waals surface area contributed by atoms with Gasteiger partial charge in [0.15, 0.2) is 12.3 Å². The van der Waals surface area contributed by atoms with Gasteiger partial charge in [-0.3, -0.25) is 23.2 Å². The van der Waals surface area contributed by atoms with Gasteiger partial charge in [0, 0.05) is 19.0 Å².